The number of azide groups is 1. The van der Waals surface area contributed by atoms with E-state index in [2.05, 4.69) is 37.7 Å². The molecule has 76 heavy (non-hydrogen) atoms. The van der Waals surface area contributed by atoms with Crippen molar-refractivity contribution < 1.29 is 85.6 Å². The van der Waals surface area contributed by atoms with Gasteiger partial charge in [-0.1, -0.05) is 99.5 Å². The second-order valence-corrected chi connectivity index (χ2v) is 25.6. The molecule has 0 spiro atoms. The van der Waals surface area contributed by atoms with Crippen LogP contribution in [-0.4, -0.2) is 148 Å². The first-order chi connectivity index (χ1) is 36.0. The van der Waals surface area contributed by atoms with E-state index in [0.29, 0.717) is 0 Å². The molecule has 4 aliphatic rings. The first kappa shape index (κ1) is 58.4. The number of esters is 4. The van der Waals surface area contributed by atoms with Crippen molar-refractivity contribution in [2.24, 2.45) is 11.0 Å². The lowest BCUT2D eigenvalue weighted by molar-refractivity contribution is -0.376. The van der Waals surface area contributed by atoms with E-state index in [0.717, 1.165) is 5.56 Å². The molecule has 0 bridgehead atoms. The second-order valence-electron chi connectivity index (χ2n) is 21.1. The Hall–Kier alpha value is -5.33. The number of carbonyl (C=O) groups is 4. The van der Waals surface area contributed by atoms with Crippen LogP contribution in [0.1, 0.15) is 88.6 Å². The summed E-state index contributed by atoms with van der Waals surface area (Å²) in [7, 11) is -2.83. The van der Waals surface area contributed by atoms with Gasteiger partial charge in [0.2, 0.25) is 0 Å². The largest absolute Gasteiger partial charge is 0.459 e. The van der Waals surface area contributed by atoms with Gasteiger partial charge in [-0.15, -0.1) is 0 Å². The van der Waals surface area contributed by atoms with Crippen molar-refractivity contribution in [1.82, 2.24) is 0 Å². The molecule has 0 unspecified atom stereocenters. The van der Waals surface area contributed by atoms with Crippen LogP contribution in [0.2, 0.25) is 18.1 Å². The highest BCUT2D eigenvalue weighted by Gasteiger charge is 2.61. The minimum atomic E-state index is -2.83. The first-order valence-corrected chi connectivity index (χ1v) is 28.4. The molecule has 4 heterocycles. The maximum absolute atomic E-state index is 13.6. The topological polar surface area (TPSA) is 257 Å². The summed E-state index contributed by atoms with van der Waals surface area (Å²) in [6, 6.07) is 24.3. The van der Waals surface area contributed by atoms with E-state index in [9.17, 15) is 29.8 Å². The maximum Gasteiger partial charge on any atom is 0.338 e. The molecule has 3 aromatic carbocycles. The predicted molar refractivity (Wildman–Crippen MR) is 271 cm³/mol. The normalized spacial score (nSPS) is 31.3. The molecular formula is C54H71N3O18Si. The lowest BCUT2D eigenvalue weighted by Crippen LogP contribution is -2.67. The van der Waals surface area contributed by atoms with Gasteiger partial charge in [0.15, 0.2) is 45.2 Å². The number of aliphatic hydroxyl groups excluding tert-OH is 1. The standard InChI is InChI=1S/C54H71N3O18Si/c1-30(2)53(6,7)76(10,11)75-50-39(56-57-55)40(60)42(37(69-50)28-64-48(61)35-23-17-13-18-24-35)71-52-47(45-43(73-54(8,9)74-45)38(70-52)29-65-49(62)36-25-19-14-20-26-36)72-51-46(63-27-34-21-15-12-16-22-34)44(68-33(5)59)41(31(3)66-51)67-32(4)58/h12-26,30-31,37-47,50-52,60H,27-29H2,1-11H3/t31-,37+,38+,39+,40+,41+,42+,43-,44+,45-,46-,47+,50-,51-,52-/m0/s1. The van der Waals surface area contributed by atoms with Gasteiger partial charge in [0, 0.05) is 18.8 Å². The molecular weight excluding hydrogens is 1010 g/mol. The summed E-state index contributed by atoms with van der Waals surface area (Å²) in [5, 5.41) is 16.2. The van der Waals surface area contributed by atoms with E-state index < -0.39 is 143 Å². The zero-order valence-electron chi connectivity index (χ0n) is 44.7. The average molecular weight is 1080 g/mol. The van der Waals surface area contributed by atoms with E-state index >= 15 is 0 Å². The Morgan fingerprint density at radius 1 is 0.711 bits per heavy atom. The Balaban J connectivity index is 1.31. The van der Waals surface area contributed by atoms with Crippen LogP contribution in [0.5, 0.6) is 0 Å². The van der Waals surface area contributed by atoms with Crippen LogP contribution in [0.15, 0.2) is 96.1 Å². The fourth-order valence-corrected chi connectivity index (χ4v) is 12.0. The summed E-state index contributed by atoms with van der Waals surface area (Å²) in [6.45, 7) is 18.7. The van der Waals surface area contributed by atoms with E-state index in [1.54, 1.807) is 81.4 Å². The van der Waals surface area contributed by atoms with Gasteiger partial charge < -0.3 is 66.4 Å². The molecule has 22 heteroatoms. The molecule has 0 amide bonds. The van der Waals surface area contributed by atoms with Crippen molar-refractivity contribution in [3.05, 3.63) is 118 Å². The molecule has 4 saturated heterocycles. The third-order valence-electron chi connectivity index (χ3n) is 14.6. The highest BCUT2D eigenvalue weighted by molar-refractivity contribution is 6.74. The van der Waals surface area contributed by atoms with Crippen molar-refractivity contribution in [3.63, 3.8) is 0 Å². The minimum Gasteiger partial charge on any atom is -0.459 e. The van der Waals surface area contributed by atoms with Gasteiger partial charge in [0.05, 0.1) is 29.9 Å². The summed E-state index contributed by atoms with van der Waals surface area (Å²) < 4.78 is 83.6. The molecule has 414 valence electrons. The maximum atomic E-state index is 13.6. The predicted octanol–water partition coefficient (Wildman–Crippen LogP) is 7.33. The van der Waals surface area contributed by atoms with Crippen LogP contribution >= 0.6 is 0 Å². The SMILES string of the molecule is CC(=O)O[C@H]1[C@H](OCc2ccccc2)[C@H](O[C@H]2[C@H](O[C@H]3[C@H](O)[C@@H](N=[N+]=[N-])[C@H](O[Si](C)(C)C(C)(C)C(C)C)O[C@@H]3COC(=O)c3ccccc3)O[C@H](COC(=O)c3ccccc3)[C@@H]3OC(C)(C)O[C@@H]32)O[C@@H](C)[C@H]1OC(C)=O. The third-order valence-corrected chi connectivity index (χ3v) is 19.1. The van der Waals surface area contributed by atoms with Crippen LogP contribution in [0, 0.1) is 5.92 Å². The molecule has 15 atom stereocenters. The Morgan fingerprint density at radius 2 is 1.21 bits per heavy atom. The van der Waals surface area contributed by atoms with Gasteiger partial charge in [-0.25, -0.2) is 9.59 Å². The molecule has 7 rings (SSSR count). The van der Waals surface area contributed by atoms with Gasteiger partial charge in [0.1, 0.15) is 62.0 Å². The summed E-state index contributed by atoms with van der Waals surface area (Å²) >= 11 is 0. The molecule has 0 aliphatic carbocycles. The van der Waals surface area contributed by atoms with E-state index in [-0.39, 0.29) is 28.7 Å². The molecule has 3 aromatic rings. The van der Waals surface area contributed by atoms with Crippen LogP contribution in [-0.2, 0) is 77.5 Å². The van der Waals surface area contributed by atoms with Crippen LogP contribution in [0.25, 0.3) is 10.4 Å². The van der Waals surface area contributed by atoms with Crippen molar-refractivity contribution in [2.45, 2.75) is 185 Å². The third kappa shape index (κ3) is 13.9. The fourth-order valence-electron chi connectivity index (χ4n) is 9.50. The van der Waals surface area contributed by atoms with E-state index in [1.807, 2.05) is 43.4 Å². The molecule has 0 radical (unpaired) electrons. The Kier molecular flexibility index (Phi) is 19.2. The Labute approximate surface area is 443 Å². The number of rotatable bonds is 20. The van der Waals surface area contributed by atoms with Crippen molar-refractivity contribution in [2.75, 3.05) is 13.2 Å². The highest BCUT2D eigenvalue weighted by Crippen LogP contribution is 2.47. The van der Waals surface area contributed by atoms with E-state index in [4.69, 9.17) is 61.3 Å². The number of nitrogens with zero attached hydrogens (tertiary/aromatic N) is 3. The quantitative estimate of drug-likeness (QED) is 0.0290. The minimum absolute atomic E-state index is 0.0463. The summed E-state index contributed by atoms with van der Waals surface area (Å²) in [5.74, 6) is -3.93. The van der Waals surface area contributed by atoms with E-state index in [1.165, 1.54) is 13.8 Å². The fraction of sp³-hybridized carbons (Fsp3) is 0.593. The molecule has 4 fully saturated rings. The highest BCUT2D eigenvalue weighted by atomic mass is 28.4. The molecule has 0 saturated carbocycles. The Bertz CT molecular complexity index is 2480. The van der Waals surface area contributed by atoms with Crippen molar-refractivity contribution in [3.8, 4) is 0 Å². The number of hydrogen-bond acceptors (Lipinski definition) is 19. The number of aliphatic hydroxyl groups is 1. The van der Waals surface area contributed by atoms with Crippen molar-refractivity contribution >= 4 is 32.2 Å². The summed E-state index contributed by atoms with van der Waals surface area (Å²) in [4.78, 5) is 55.6. The smallest absolute Gasteiger partial charge is 0.338 e. The molecule has 0 aromatic heterocycles. The van der Waals surface area contributed by atoms with Gasteiger partial charge >= 0.3 is 23.9 Å². The first-order valence-electron chi connectivity index (χ1n) is 25.5. The average Bonchev–Trinajstić information content (AvgIpc) is 3.76. The number of benzene rings is 3. The van der Waals surface area contributed by atoms with Crippen LogP contribution < -0.4 is 0 Å². The van der Waals surface area contributed by atoms with Crippen LogP contribution in [0.4, 0.5) is 0 Å². The summed E-state index contributed by atoms with van der Waals surface area (Å²) in [5.41, 5.74) is 11.3. The Morgan fingerprint density at radius 3 is 1.76 bits per heavy atom. The lowest BCUT2D eigenvalue weighted by Gasteiger charge is -2.51. The number of fused-ring (bicyclic) bond motifs is 1. The van der Waals surface area contributed by atoms with Gasteiger partial charge in [0.25, 0.3) is 0 Å². The zero-order valence-corrected chi connectivity index (χ0v) is 45.7. The lowest BCUT2D eigenvalue weighted by atomic mass is 9.95. The zero-order chi connectivity index (χ0) is 55.1. The van der Waals surface area contributed by atoms with Gasteiger partial charge in [-0.2, -0.15) is 0 Å². The number of ether oxygens (including phenoxy) is 12. The second kappa shape index (κ2) is 25.0. The number of carbonyl (C=O) groups excluding carboxylic acids is 4. The van der Waals surface area contributed by atoms with Gasteiger partial charge in [-0.3, -0.25) is 9.59 Å². The van der Waals surface area contributed by atoms with Crippen molar-refractivity contribution in [1.29, 1.82) is 0 Å². The molecule has 1 N–H and O–H groups in total. The number of hydrogen-bond donors (Lipinski definition) is 1. The monoisotopic (exact) mass is 1080 g/mol. The molecule has 4 aliphatic heterocycles. The summed E-state index contributed by atoms with van der Waals surface area (Å²) in [6.07, 6.45) is -18.6. The molecule has 21 nitrogen and oxygen atoms in total. The van der Waals surface area contributed by atoms with Crippen LogP contribution in [0.3, 0.4) is 0 Å². The van der Waals surface area contributed by atoms with Gasteiger partial charge in [-0.05, 0) is 80.2 Å².